The Hall–Kier alpha value is -1.76. The number of nitrogens with one attached hydrogen (secondary N) is 1. The number of nitriles is 1. The fraction of sp³-hybridized carbons (Fsp3) is 0.500. The summed E-state index contributed by atoms with van der Waals surface area (Å²) in [5, 5.41) is 9.01. The Bertz CT molecular complexity index is 478. The highest BCUT2D eigenvalue weighted by Gasteiger charge is 2.20. The summed E-state index contributed by atoms with van der Waals surface area (Å²) in [6, 6.07) is 3.74. The second kappa shape index (κ2) is 4.40. The van der Waals surface area contributed by atoms with Gasteiger partial charge in [-0.2, -0.15) is 5.26 Å². The molecule has 0 unspecified atom stereocenters. The SMILES string of the molecule is N#Cc1c(C2CCCCC2)cc(N)[nH]c1=O. The highest BCUT2D eigenvalue weighted by atomic mass is 16.1. The summed E-state index contributed by atoms with van der Waals surface area (Å²) in [5.41, 5.74) is 6.34. The van der Waals surface area contributed by atoms with Gasteiger partial charge in [0.25, 0.3) is 5.56 Å². The Kier molecular flexibility index (Phi) is 2.95. The normalized spacial score (nSPS) is 16.9. The molecule has 16 heavy (non-hydrogen) atoms. The Labute approximate surface area is 94.1 Å². The number of H-pyrrole nitrogens is 1. The van der Waals surface area contributed by atoms with E-state index in [1.165, 1.54) is 19.3 Å². The molecule has 2 rings (SSSR count). The summed E-state index contributed by atoms with van der Waals surface area (Å²) >= 11 is 0. The minimum atomic E-state index is -0.358. The molecule has 0 amide bonds. The molecule has 1 heterocycles. The van der Waals surface area contributed by atoms with Gasteiger partial charge in [-0.1, -0.05) is 19.3 Å². The molecule has 1 fully saturated rings. The summed E-state index contributed by atoms with van der Waals surface area (Å²) in [6.07, 6.45) is 5.69. The van der Waals surface area contributed by atoms with E-state index < -0.39 is 0 Å². The number of anilines is 1. The van der Waals surface area contributed by atoms with E-state index in [1.807, 2.05) is 6.07 Å². The van der Waals surface area contributed by atoms with Crippen molar-refractivity contribution in [3.8, 4) is 6.07 Å². The third kappa shape index (κ3) is 1.94. The van der Waals surface area contributed by atoms with Gasteiger partial charge in [0.15, 0.2) is 0 Å². The van der Waals surface area contributed by atoms with E-state index >= 15 is 0 Å². The Balaban J connectivity index is 2.46. The standard InChI is InChI=1S/C12H15N3O/c13-7-10-9(6-11(14)15-12(10)16)8-4-2-1-3-5-8/h6,8H,1-5H2,(H3,14,15,16). The van der Waals surface area contributed by atoms with Crippen LogP contribution in [-0.4, -0.2) is 4.98 Å². The Morgan fingerprint density at radius 1 is 1.38 bits per heavy atom. The zero-order chi connectivity index (χ0) is 11.5. The van der Waals surface area contributed by atoms with Crippen LogP contribution in [0.5, 0.6) is 0 Å². The lowest BCUT2D eigenvalue weighted by Gasteiger charge is -2.22. The summed E-state index contributed by atoms with van der Waals surface area (Å²) in [5.74, 6) is 0.678. The predicted octanol–water partition coefficient (Wildman–Crippen LogP) is 1.88. The number of rotatable bonds is 1. The van der Waals surface area contributed by atoms with Gasteiger partial charge in [0.2, 0.25) is 0 Å². The van der Waals surface area contributed by atoms with E-state index in [-0.39, 0.29) is 11.1 Å². The van der Waals surface area contributed by atoms with Crippen molar-refractivity contribution in [1.29, 1.82) is 5.26 Å². The molecule has 0 aliphatic heterocycles. The van der Waals surface area contributed by atoms with E-state index in [0.717, 1.165) is 18.4 Å². The molecule has 4 heteroatoms. The van der Waals surface area contributed by atoms with Crippen molar-refractivity contribution in [2.75, 3.05) is 5.73 Å². The number of aromatic nitrogens is 1. The molecule has 4 nitrogen and oxygen atoms in total. The van der Waals surface area contributed by atoms with Crippen LogP contribution >= 0.6 is 0 Å². The van der Waals surface area contributed by atoms with Gasteiger partial charge in [-0.15, -0.1) is 0 Å². The number of hydrogen-bond donors (Lipinski definition) is 2. The lowest BCUT2D eigenvalue weighted by molar-refractivity contribution is 0.443. The van der Waals surface area contributed by atoms with Crippen molar-refractivity contribution in [2.24, 2.45) is 0 Å². The molecule has 0 aromatic carbocycles. The van der Waals surface area contributed by atoms with Crippen molar-refractivity contribution in [3.63, 3.8) is 0 Å². The smallest absolute Gasteiger partial charge is 0.267 e. The number of aromatic amines is 1. The van der Waals surface area contributed by atoms with Gasteiger partial charge in [0.05, 0.1) is 0 Å². The van der Waals surface area contributed by atoms with Gasteiger partial charge in [-0.05, 0) is 30.4 Å². The van der Waals surface area contributed by atoms with Gasteiger partial charge in [0.1, 0.15) is 17.5 Å². The average molecular weight is 217 g/mol. The van der Waals surface area contributed by atoms with Gasteiger partial charge < -0.3 is 10.7 Å². The van der Waals surface area contributed by atoms with Crippen LogP contribution in [0.2, 0.25) is 0 Å². The van der Waals surface area contributed by atoms with Crippen molar-refractivity contribution < 1.29 is 0 Å². The zero-order valence-electron chi connectivity index (χ0n) is 9.12. The van der Waals surface area contributed by atoms with E-state index in [0.29, 0.717) is 11.7 Å². The van der Waals surface area contributed by atoms with Crippen LogP contribution in [0, 0.1) is 11.3 Å². The average Bonchev–Trinajstić information content (AvgIpc) is 2.29. The Morgan fingerprint density at radius 2 is 2.06 bits per heavy atom. The maximum Gasteiger partial charge on any atom is 0.267 e. The minimum absolute atomic E-state index is 0.237. The first-order valence-corrected chi connectivity index (χ1v) is 5.65. The predicted molar refractivity (Wildman–Crippen MR) is 62.0 cm³/mol. The molecule has 0 spiro atoms. The zero-order valence-corrected chi connectivity index (χ0v) is 9.12. The number of nitrogens with two attached hydrogens (primary N) is 1. The summed E-state index contributed by atoms with van der Waals surface area (Å²) in [4.78, 5) is 14.0. The van der Waals surface area contributed by atoms with E-state index in [9.17, 15) is 4.79 Å². The van der Waals surface area contributed by atoms with Crippen LogP contribution in [-0.2, 0) is 0 Å². The molecule has 1 saturated carbocycles. The minimum Gasteiger partial charge on any atom is -0.385 e. The maximum atomic E-state index is 11.6. The Morgan fingerprint density at radius 3 is 2.69 bits per heavy atom. The highest BCUT2D eigenvalue weighted by molar-refractivity contribution is 5.45. The lowest BCUT2D eigenvalue weighted by atomic mass is 9.83. The maximum absolute atomic E-state index is 11.6. The quantitative estimate of drug-likeness (QED) is 0.753. The number of hydrogen-bond acceptors (Lipinski definition) is 3. The molecular formula is C12H15N3O. The fourth-order valence-corrected chi connectivity index (χ4v) is 2.45. The third-order valence-corrected chi connectivity index (χ3v) is 3.24. The molecule has 1 aliphatic carbocycles. The van der Waals surface area contributed by atoms with Gasteiger partial charge >= 0.3 is 0 Å². The third-order valence-electron chi connectivity index (χ3n) is 3.24. The van der Waals surface area contributed by atoms with E-state index in [4.69, 9.17) is 11.0 Å². The molecule has 1 aromatic heterocycles. The van der Waals surface area contributed by atoms with Crippen molar-refractivity contribution in [1.82, 2.24) is 4.98 Å². The van der Waals surface area contributed by atoms with Crippen LogP contribution < -0.4 is 11.3 Å². The first-order chi connectivity index (χ1) is 7.72. The fourth-order valence-electron chi connectivity index (χ4n) is 2.45. The van der Waals surface area contributed by atoms with E-state index in [2.05, 4.69) is 4.98 Å². The molecule has 1 aliphatic rings. The van der Waals surface area contributed by atoms with E-state index in [1.54, 1.807) is 6.07 Å². The van der Waals surface area contributed by atoms with Gasteiger partial charge in [-0.25, -0.2) is 0 Å². The van der Waals surface area contributed by atoms with Crippen LogP contribution in [0.3, 0.4) is 0 Å². The first kappa shape index (κ1) is 10.7. The number of nitrogen functional groups attached to an aromatic ring is 1. The highest BCUT2D eigenvalue weighted by Crippen LogP contribution is 2.33. The lowest BCUT2D eigenvalue weighted by Crippen LogP contribution is -2.18. The van der Waals surface area contributed by atoms with Crippen LogP contribution in [0.15, 0.2) is 10.9 Å². The van der Waals surface area contributed by atoms with Crippen LogP contribution in [0.4, 0.5) is 5.82 Å². The largest absolute Gasteiger partial charge is 0.385 e. The first-order valence-electron chi connectivity index (χ1n) is 5.65. The molecule has 3 N–H and O–H groups in total. The van der Waals surface area contributed by atoms with Gasteiger partial charge in [-0.3, -0.25) is 4.79 Å². The molecule has 0 bridgehead atoms. The van der Waals surface area contributed by atoms with Crippen LogP contribution in [0.1, 0.15) is 49.1 Å². The second-order valence-electron chi connectivity index (χ2n) is 4.33. The summed E-state index contributed by atoms with van der Waals surface area (Å²) < 4.78 is 0. The molecule has 1 aromatic rings. The van der Waals surface area contributed by atoms with Crippen molar-refractivity contribution >= 4 is 5.82 Å². The topological polar surface area (TPSA) is 82.7 Å². The second-order valence-corrected chi connectivity index (χ2v) is 4.33. The molecule has 0 atom stereocenters. The molecule has 0 radical (unpaired) electrons. The monoisotopic (exact) mass is 217 g/mol. The van der Waals surface area contributed by atoms with Crippen molar-refractivity contribution in [3.05, 3.63) is 27.5 Å². The number of pyridine rings is 1. The van der Waals surface area contributed by atoms with Crippen molar-refractivity contribution in [2.45, 2.75) is 38.0 Å². The summed E-state index contributed by atoms with van der Waals surface area (Å²) in [6.45, 7) is 0. The number of nitrogens with zero attached hydrogens (tertiary/aromatic N) is 1. The summed E-state index contributed by atoms with van der Waals surface area (Å²) in [7, 11) is 0. The molecular weight excluding hydrogens is 202 g/mol. The van der Waals surface area contributed by atoms with Gasteiger partial charge in [0, 0.05) is 0 Å². The molecule has 0 saturated heterocycles. The van der Waals surface area contributed by atoms with Crippen LogP contribution in [0.25, 0.3) is 0 Å². The molecule has 84 valence electrons.